The molecule has 1 N–H and O–H groups in total. The highest BCUT2D eigenvalue weighted by atomic mass is 79.9. The molecule has 3 aromatic carbocycles. The van der Waals surface area contributed by atoms with Crippen LogP contribution in [-0.2, 0) is 6.61 Å². The molecule has 0 radical (unpaired) electrons. The van der Waals surface area contributed by atoms with Gasteiger partial charge in [0.25, 0.3) is 5.91 Å². The number of benzene rings is 3. The van der Waals surface area contributed by atoms with E-state index >= 15 is 0 Å². The molecule has 5 nitrogen and oxygen atoms in total. The number of nitrogens with zero attached hydrogens (tertiary/aromatic N) is 1. The summed E-state index contributed by atoms with van der Waals surface area (Å²) in [7, 11) is 1.54. The lowest BCUT2D eigenvalue weighted by Crippen LogP contribution is -2.17. The Morgan fingerprint density at radius 3 is 2.70 bits per heavy atom. The fourth-order valence-electron chi connectivity index (χ4n) is 2.74. The SMILES string of the molecule is COc1cc(/C=N\NC(=O)c2cccc(Br)c2)cc(Cl)c1OCc1ccccc1C. The van der Waals surface area contributed by atoms with Crippen LogP contribution in [0.2, 0.25) is 5.02 Å². The van der Waals surface area contributed by atoms with Crippen LogP contribution in [-0.4, -0.2) is 19.2 Å². The number of halogens is 2. The number of methoxy groups -OCH3 is 1. The summed E-state index contributed by atoms with van der Waals surface area (Å²) in [6.45, 7) is 2.40. The molecule has 0 aliphatic heterocycles. The van der Waals surface area contributed by atoms with Crippen molar-refractivity contribution in [2.24, 2.45) is 5.10 Å². The van der Waals surface area contributed by atoms with Crippen LogP contribution in [0.4, 0.5) is 0 Å². The minimum atomic E-state index is -0.316. The van der Waals surface area contributed by atoms with Crippen LogP contribution in [0.15, 0.2) is 70.2 Å². The first-order valence-corrected chi connectivity index (χ1v) is 10.3. The monoisotopic (exact) mass is 486 g/mol. The van der Waals surface area contributed by atoms with Gasteiger partial charge in [0, 0.05) is 10.0 Å². The number of carbonyl (C=O) groups excluding carboxylic acids is 1. The van der Waals surface area contributed by atoms with Crippen LogP contribution in [0.3, 0.4) is 0 Å². The fourth-order valence-corrected chi connectivity index (χ4v) is 3.41. The lowest BCUT2D eigenvalue weighted by molar-refractivity contribution is 0.0955. The van der Waals surface area contributed by atoms with Gasteiger partial charge in [-0.2, -0.15) is 5.10 Å². The van der Waals surface area contributed by atoms with E-state index < -0.39 is 0 Å². The topological polar surface area (TPSA) is 59.9 Å². The van der Waals surface area contributed by atoms with E-state index in [0.29, 0.717) is 34.3 Å². The minimum absolute atomic E-state index is 0.316. The van der Waals surface area contributed by atoms with Crippen molar-refractivity contribution >= 4 is 39.7 Å². The van der Waals surface area contributed by atoms with E-state index in [-0.39, 0.29) is 5.91 Å². The standard InChI is InChI=1S/C23H20BrClN2O3/c1-15-6-3-4-7-18(15)14-30-22-20(25)10-16(11-21(22)29-2)13-26-27-23(28)17-8-5-9-19(24)12-17/h3-13H,14H2,1-2H3,(H,27,28)/b26-13-. The summed E-state index contributed by atoms with van der Waals surface area (Å²) >= 11 is 9.75. The van der Waals surface area contributed by atoms with Gasteiger partial charge in [0.05, 0.1) is 18.3 Å². The van der Waals surface area contributed by atoms with Crippen molar-refractivity contribution < 1.29 is 14.3 Å². The third kappa shape index (κ3) is 5.62. The first kappa shape index (κ1) is 21.9. The molecule has 0 aliphatic carbocycles. The molecular weight excluding hydrogens is 468 g/mol. The molecule has 0 heterocycles. The Morgan fingerprint density at radius 1 is 1.17 bits per heavy atom. The van der Waals surface area contributed by atoms with Gasteiger partial charge in [-0.15, -0.1) is 0 Å². The smallest absolute Gasteiger partial charge is 0.271 e. The zero-order chi connectivity index (χ0) is 21.5. The van der Waals surface area contributed by atoms with E-state index in [1.807, 2.05) is 37.3 Å². The Balaban J connectivity index is 1.71. The highest BCUT2D eigenvalue weighted by Gasteiger charge is 2.12. The molecular formula is C23H20BrClN2O3. The quantitative estimate of drug-likeness (QED) is 0.340. The third-order valence-electron chi connectivity index (χ3n) is 4.35. The minimum Gasteiger partial charge on any atom is -0.493 e. The van der Waals surface area contributed by atoms with Gasteiger partial charge in [-0.25, -0.2) is 5.43 Å². The van der Waals surface area contributed by atoms with E-state index in [4.69, 9.17) is 21.1 Å². The normalized spacial score (nSPS) is 10.8. The van der Waals surface area contributed by atoms with Crippen LogP contribution >= 0.6 is 27.5 Å². The summed E-state index contributed by atoms with van der Waals surface area (Å²) in [5.74, 6) is 0.623. The molecule has 0 aliphatic rings. The second-order valence-electron chi connectivity index (χ2n) is 6.46. The Labute approximate surface area is 188 Å². The zero-order valence-corrected chi connectivity index (χ0v) is 18.8. The predicted molar refractivity (Wildman–Crippen MR) is 123 cm³/mol. The maximum atomic E-state index is 12.2. The van der Waals surface area contributed by atoms with Crippen molar-refractivity contribution in [2.45, 2.75) is 13.5 Å². The van der Waals surface area contributed by atoms with Crippen molar-refractivity contribution in [1.82, 2.24) is 5.43 Å². The second-order valence-corrected chi connectivity index (χ2v) is 7.78. The molecule has 1 amide bonds. The predicted octanol–water partition coefficient (Wildman–Crippen LogP) is 5.76. The lowest BCUT2D eigenvalue weighted by Gasteiger charge is -2.14. The van der Waals surface area contributed by atoms with Crippen molar-refractivity contribution in [3.8, 4) is 11.5 Å². The number of carbonyl (C=O) groups is 1. The number of nitrogens with one attached hydrogen (secondary N) is 1. The van der Waals surface area contributed by atoms with Crippen LogP contribution in [0.5, 0.6) is 11.5 Å². The average Bonchev–Trinajstić information content (AvgIpc) is 2.73. The number of rotatable bonds is 7. The number of aryl methyl sites for hydroxylation is 1. The van der Waals surface area contributed by atoms with Crippen LogP contribution in [0.25, 0.3) is 0 Å². The second kappa shape index (κ2) is 10.3. The number of ether oxygens (including phenoxy) is 2. The molecule has 3 rings (SSSR count). The molecule has 0 spiro atoms. The van der Waals surface area contributed by atoms with Gasteiger partial charge in [0.15, 0.2) is 11.5 Å². The number of amides is 1. The summed E-state index contributed by atoms with van der Waals surface area (Å²) in [6, 6.07) is 18.5. The maximum Gasteiger partial charge on any atom is 0.271 e. The average molecular weight is 488 g/mol. The van der Waals surface area contributed by atoms with Gasteiger partial charge in [0.1, 0.15) is 6.61 Å². The Kier molecular flexibility index (Phi) is 7.49. The zero-order valence-electron chi connectivity index (χ0n) is 16.5. The first-order valence-electron chi connectivity index (χ1n) is 9.11. The van der Waals surface area contributed by atoms with Crippen LogP contribution in [0, 0.1) is 6.92 Å². The van der Waals surface area contributed by atoms with E-state index in [0.717, 1.165) is 15.6 Å². The summed E-state index contributed by atoms with van der Waals surface area (Å²) < 4.78 is 12.2. The van der Waals surface area contributed by atoms with Gasteiger partial charge < -0.3 is 9.47 Å². The number of hydrogen-bond donors (Lipinski definition) is 1. The molecule has 154 valence electrons. The molecule has 30 heavy (non-hydrogen) atoms. The van der Waals surface area contributed by atoms with Crippen molar-refractivity contribution in [1.29, 1.82) is 0 Å². The van der Waals surface area contributed by atoms with Gasteiger partial charge in [0.2, 0.25) is 0 Å². The van der Waals surface area contributed by atoms with Gasteiger partial charge >= 0.3 is 0 Å². The Hall–Kier alpha value is -2.83. The van der Waals surface area contributed by atoms with Crippen LogP contribution in [0.1, 0.15) is 27.0 Å². The summed E-state index contributed by atoms with van der Waals surface area (Å²) in [5.41, 5.74) is 5.86. The number of hydrazone groups is 1. The Bertz CT molecular complexity index is 1090. The fraction of sp³-hybridized carbons (Fsp3) is 0.130. The molecule has 0 saturated heterocycles. The molecule has 0 unspecified atom stereocenters. The van der Waals surface area contributed by atoms with E-state index in [9.17, 15) is 4.79 Å². The molecule has 0 aromatic heterocycles. The molecule has 0 bridgehead atoms. The summed E-state index contributed by atoms with van der Waals surface area (Å²) in [4.78, 5) is 12.2. The molecule has 3 aromatic rings. The van der Waals surface area contributed by atoms with Crippen molar-refractivity contribution in [2.75, 3.05) is 7.11 Å². The Morgan fingerprint density at radius 2 is 1.97 bits per heavy atom. The van der Waals surface area contributed by atoms with Gasteiger partial charge in [-0.1, -0.05) is 57.9 Å². The largest absolute Gasteiger partial charge is 0.493 e. The van der Waals surface area contributed by atoms with Crippen molar-refractivity contribution in [3.05, 3.63) is 92.4 Å². The van der Waals surface area contributed by atoms with Gasteiger partial charge in [-0.3, -0.25) is 4.79 Å². The first-order chi connectivity index (χ1) is 14.5. The van der Waals surface area contributed by atoms with Crippen LogP contribution < -0.4 is 14.9 Å². The van der Waals surface area contributed by atoms with E-state index in [2.05, 4.69) is 26.5 Å². The number of hydrogen-bond acceptors (Lipinski definition) is 4. The maximum absolute atomic E-state index is 12.2. The molecule has 0 saturated carbocycles. The van der Waals surface area contributed by atoms with E-state index in [1.165, 1.54) is 6.21 Å². The van der Waals surface area contributed by atoms with E-state index in [1.54, 1.807) is 37.4 Å². The van der Waals surface area contributed by atoms with Crippen molar-refractivity contribution in [3.63, 3.8) is 0 Å². The summed E-state index contributed by atoms with van der Waals surface area (Å²) in [5, 5.41) is 4.40. The van der Waals surface area contributed by atoms with Gasteiger partial charge in [-0.05, 0) is 53.9 Å². The highest BCUT2D eigenvalue weighted by molar-refractivity contribution is 9.10. The lowest BCUT2D eigenvalue weighted by atomic mass is 10.1. The highest BCUT2D eigenvalue weighted by Crippen LogP contribution is 2.36. The molecule has 0 atom stereocenters. The summed E-state index contributed by atoms with van der Waals surface area (Å²) in [6.07, 6.45) is 1.50. The molecule has 0 fully saturated rings. The third-order valence-corrected chi connectivity index (χ3v) is 5.13. The molecule has 7 heteroatoms.